The highest BCUT2D eigenvalue weighted by molar-refractivity contribution is 5.77. The number of fused-ring (bicyclic) bond motifs is 3. The molecule has 0 fully saturated rings. The number of allylic oxidation sites excluding steroid dienone is 3. The van der Waals surface area contributed by atoms with Crippen LogP contribution >= 0.6 is 0 Å². The van der Waals surface area contributed by atoms with Crippen molar-refractivity contribution in [2.75, 3.05) is 6.61 Å². The van der Waals surface area contributed by atoms with E-state index in [0.29, 0.717) is 25.6 Å². The first-order valence-electron chi connectivity index (χ1n) is 13.0. The third-order valence-corrected chi connectivity index (χ3v) is 6.44. The third-order valence-electron chi connectivity index (χ3n) is 6.44. The molecule has 0 amide bonds. The van der Waals surface area contributed by atoms with Crippen molar-refractivity contribution < 1.29 is 18.9 Å². The minimum absolute atomic E-state index is 0.349. The molecule has 2 aliphatic heterocycles. The van der Waals surface area contributed by atoms with Crippen molar-refractivity contribution in [3.63, 3.8) is 0 Å². The largest absolute Gasteiger partial charge is 0.497 e. The van der Waals surface area contributed by atoms with E-state index in [-0.39, 0.29) is 5.60 Å². The van der Waals surface area contributed by atoms with Gasteiger partial charge in [-0.05, 0) is 67.5 Å². The molecule has 0 aromatic heterocycles. The van der Waals surface area contributed by atoms with Gasteiger partial charge in [0.25, 0.3) is 0 Å². The lowest BCUT2D eigenvalue weighted by molar-refractivity contribution is 0.158. The molecule has 2 N–H and O–H groups in total. The molecule has 2 heterocycles. The number of nitrogens with two attached hydrogens (primary N) is 1. The third kappa shape index (κ3) is 6.44. The van der Waals surface area contributed by atoms with Crippen LogP contribution in [0.15, 0.2) is 120 Å². The second-order valence-electron chi connectivity index (χ2n) is 9.90. The van der Waals surface area contributed by atoms with E-state index in [1.807, 2.05) is 98.8 Å². The molecule has 5 heteroatoms. The van der Waals surface area contributed by atoms with E-state index < -0.39 is 0 Å². The molecule has 0 saturated carbocycles. The number of ether oxygens (including phenoxy) is 4. The van der Waals surface area contributed by atoms with Crippen molar-refractivity contribution in [2.45, 2.75) is 32.7 Å². The minimum atomic E-state index is -0.349. The number of rotatable bonds is 9. The lowest BCUT2D eigenvalue weighted by Crippen LogP contribution is -2.27. The SMILES string of the molecule is CC1(C)C=Cc2c(ccc3c2OCC(C(=C/C=C/OCc2ccccc2)/C(=C/N)OCc2ccccc2)=C3)O1. The molecule has 0 saturated heterocycles. The van der Waals surface area contributed by atoms with Crippen molar-refractivity contribution in [3.05, 3.63) is 143 Å². The average molecular weight is 520 g/mol. The minimum Gasteiger partial charge on any atom is -0.497 e. The first-order valence-corrected chi connectivity index (χ1v) is 13.0. The zero-order valence-corrected chi connectivity index (χ0v) is 22.3. The van der Waals surface area contributed by atoms with E-state index in [0.717, 1.165) is 44.9 Å². The molecular weight excluding hydrogens is 486 g/mol. The van der Waals surface area contributed by atoms with E-state index >= 15 is 0 Å². The summed E-state index contributed by atoms with van der Waals surface area (Å²) in [6.07, 6.45) is 13.2. The van der Waals surface area contributed by atoms with Crippen LogP contribution in [0, 0.1) is 0 Å². The molecule has 5 nitrogen and oxygen atoms in total. The van der Waals surface area contributed by atoms with Crippen LogP contribution in [0.3, 0.4) is 0 Å². The fraction of sp³-hybridized carbons (Fsp3) is 0.176. The molecule has 0 atom stereocenters. The van der Waals surface area contributed by atoms with Crippen molar-refractivity contribution in [1.82, 2.24) is 0 Å². The van der Waals surface area contributed by atoms with Gasteiger partial charge in [-0.2, -0.15) is 0 Å². The highest BCUT2D eigenvalue weighted by Crippen LogP contribution is 2.42. The van der Waals surface area contributed by atoms with Gasteiger partial charge in [-0.15, -0.1) is 0 Å². The summed E-state index contributed by atoms with van der Waals surface area (Å²) < 4.78 is 24.4. The van der Waals surface area contributed by atoms with Crippen LogP contribution in [-0.2, 0) is 22.7 Å². The summed E-state index contributed by atoms with van der Waals surface area (Å²) in [5, 5.41) is 0. The van der Waals surface area contributed by atoms with Crippen LogP contribution in [0.1, 0.15) is 36.1 Å². The van der Waals surface area contributed by atoms with Gasteiger partial charge in [-0.3, -0.25) is 0 Å². The maximum absolute atomic E-state index is 6.31. The molecule has 3 aromatic carbocycles. The second-order valence-corrected chi connectivity index (χ2v) is 9.90. The Balaban J connectivity index is 1.41. The lowest BCUT2D eigenvalue weighted by Gasteiger charge is -2.30. The van der Waals surface area contributed by atoms with Crippen molar-refractivity contribution in [3.8, 4) is 11.5 Å². The van der Waals surface area contributed by atoms with E-state index in [1.165, 1.54) is 6.20 Å². The molecule has 0 radical (unpaired) electrons. The molecule has 0 spiro atoms. The Morgan fingerprint density at radius 2 is 1.67 bits per heavy atom. The zero-order valence-electron chi connectivity index (χ0n) is 22.3. The lowest BCUT2D eigenvalue weighted by atomic mass is 9.95. The number of hydrogen-bond donors (Lipinski definition) is 1. The van der Waals surface area contributed by atoms with Crippen molar-refractivity contribution in [2.24, 2.45) is 5.73 Å². The van der Waals surface area contributed by atoms with Gasteiger partial charge in [0, 0.05) is 22.9 Å². The first kappa shape index (κ1) is 26.0. The van der Waals surface area contributed by atoms with Gasteiger partial charge in [0.15, 0.2) is 0 Å². The van der Waals surface area contributed by atoms with Crippen LogP contribution in [0.4, 0.5) is 0 Å². The molecule has 39 heavy (non-hydrogen) atoms. The summed E-state index contributed by atoms with van der Waals surface area (Å²) in [5.74, 6) is 2.20. The van der Waals surface area contributed by atoms with Crippen LogP contribution in [0.25, 0.3) is 12.2 Å². The quantitative estimate of drug-likeness (QED) is 0.237. The molecule has 0 bridgehead atoms. The fourth-order valence-corrected chi connectivity index (χ4v) is 4.46. The Morgan fingerprint density at radius 3 is 2.38 bits per heavy atom. The number of hydrogen-bond acceptors (Lipinski definition) is 5. The van der Waals surface area contributed by atoms with Crippen LogP contribution < -0.4 is 15.2 Å². The predicted octanol–water partition coefficient (Wildman–Crippen LogP) is 7.32. The Morgan fingerprint density at radius 1 is 0.949 bits per heavy atom. The highest BCUT2D eigenvalue weighted by atomic mass is 16.5. The van der Waals surface area contributed by atoms with Crippen molar-refractivity contribution >= 4 is 12.2 Å². The van der Waals surface area contributed by atoms with Crippen LogP contribution in [0.5, 0.6) is 11.5 Å². The molecule has 5 rings (SSSR count). The highest BCUT2D eigenvalue weighted by Gasteiger charge is 2.27. The molecular formula is C34H33NO4. The zero-order chi connectivity index (χ0) is 27.1. The second kappa shape index (κ2) is 11.8. The van der Waals surface area contributed by atoms with Crippen LogP contribution in [-0.4, -0.2) is 12.2 Å². The molecule has 3 aromatic rings. The van der Waals surface area contributed by atoms with Gasteiger partial charge >= 0.3 is 0 Å². The van der Waals surface area contributed by atoms with Crippen LogP contribution in [0.2, 0.25) is 0 Å². The fourth-order valence-electron chi connectivity index (χ4n) is 4.46. The maximum atomic E-state index is 6.31. The van der Waals surface area contributed by atoms with Gasteiger partial charge in [-0.25, -0.2) is 0 Å². The Bertz CT molecular complexity index is 1450. The molecule has 198 valence electrons. The summed E-state index contributed by atoms with van der Waals surface area (Å²) >= 11 is 0. The maximum Gasteiger partial charge on any atom is 0.142 e. The summed E-state index contributed by atoms with van der Waals surface area (Å²) in [6, 6.07) is 24.1. The van der Waals surface area contributed by atoms with Gasteiger partial charge in [-0.1, -0.05) is 60.7 Å². The normalized spacial score (nSPS) is 16.0. The molecule has 0 aliphatic carbocycles. The summed E-state index contributed by atoms with van der Waals surface area (Å²) in [5.41, 5.74) is 11.6. The van der Waals surface area contributed by atoms with E-state index in [2.05, 4.69) is 18.2 Å². The Labute approximate surface area is 230 Å². The number of benzene rings is 3. The van der Waals surface area contributed by atoms with Gasteiger partial charge in [0.1, 0.15) is 42.7 Å². The Hall–Kier alpha value is -4.64. The standard InChI is InChI=1S/C34H33NO4/c1-34(2)18-17-30-31(39-34)16-15-27-20-28(24-38-33(27)30)29(14-9-19-36-22-25-10-5-3-6-11-25)32(21-35)37-23-26-12-7-4-8-13-26/h3-21H,22-24,35H2,1-2H3/b19-9+,29-14-,32-21-. The monoisotopic (exact) mass is 519 g/mol. The average Bonchev–Trinajstić information content (AvgIpc) is 2.96. The molecule has 2 aliphatic rings. The topological polar surface area (TPSA) is 62.9 Å². The van der Waals surface area contributed by atoms with Crippen molar-refractivity contribution in [1.29, 1.82) is 0 Å². The Kier molecular flexibility index (Phi) is 7.88. The van der Waals surface area contributed by atoms with E-state index in [1.54, 1.807) is 6.26 Å². The summed E-state index contributed by atoms with van der Waals surface area (Å²) in [4.78, 5) is 0. The van der Waals surface area contributed by atoms with Gasteiger partial charge < -0.3 is 24.7 Å². The first-order chi connectivity index (χ1) is 19.0. The summed E-state index contributed by atoms with van der Waals surface area (Å²) in [6.45, 7) is 5.31. The molecule has 0 unspecified atom stereocenters. The summed E-state index contributed by atoms with van der Waals surface area (Å²) in [7, 11) is 0. The van der Waals surface area contributed by atoms with E-state index in [9.17, 15) is 0 Å². The smallest absolute Gasteiger partial charge is 0.142 e. The van der Waals surface area contributed by atoms with Gasteiger partial charge in [0.05, 0.1) is 11.8 Å². The van der Waals surface area contributed by atoms with E-state index in [4.69, 9.17) is 24.7 Å². The van der Waals surface area contributed by atoms with Gasteiger partial charge in [0.2, 0.25) is 0 Å². The predicted molar refractivity (Wildman–Crippen MR) is 156 cm³/mol.